The van der Waals surface area contributed by atoms with Crippen molar-refractivity contribution in [1.29, 1.82) is 0 Å². The second kappa shape index (κ2) is 6.55. The summed E-state index contributed by atoms with van der Waals surface area (Å²) < 4.78 is 4.93. The van der Waals surface area contributed by atoms with E-state index in [1.165, 1.54) is 19.4 Å². The highest BCUT2D eigenvalue weighted by Crippen LogP contribution is 2.01. The summed E-state index contributed by atoms with van der Waals surface area (Å²) in [7, 11) is 1.39. The topological polar surface area (TPSA) is 115 Å². The largest absolute Gasteiger partial charge is 0.481 e. The van der Waals surface area contributed by atoms with Gasteiger partial charge in [-0.25, -0.2) is 4.98 Å². The predicted molar refractivity (Wildman–Crippen MR) is 64.0 cm³/mol. The lowest BCUT2D eigenvalue weighted by molar-refractivity contribution is -0.139. The van der Waals surface area contributed by atoms with Gasteiger partial charge in [-0.1, -0.05) is 0 Å². The monoisotopic (exact) mass is 253 g/mol. The van der Waals surface area contributed by atoms with E-state index in [1.807, 2.05) is 0 Å². The molecule has 0 radical (unpaired) electrons. The van der Waals surface area contributed by atoms with Crippen molar-refractivity contribution in [3.05, 3.63) is 24.0 Å². The zero-order chi connectivity index (χ0) is 13.5. The summed E-state index contributed by atoms with van der Waals surface area (Å²) in [5, 5.41) is 11.2. The van der Waals surface area contributed by atoms with Crippen LogP contribution in [0.25, 0.3) is 0 Å². The number of ether oxygens (including phenoxy) is 1. The van der Waals surface area contributed by atoms with Crippen molar-refractivity contribution in [3.63, 3.8) is 0 Å². The summed E-state index contributed by atoms with van der Waals surface area (Å²) in [5.41, 5.74) is 6.13. The molecule has 0 aliphatic carbocycles. The van der Waals surface area contributed by atoms with Crippen LogP contribution >= 0.6 is 0 Å². The number of carbonyl (C=O) groups is 2. The molecule has 7 heteroatoms. The number of hydrogen-bond donors (Lipinski definition) is 3. The maximum atomic E-state index is 11.6. The molecular weight excluding hydrogens is 238 g/mol. The molecule has 1 unspecified atom stereocenters. The quantitative estimate of drug-likeness (QED) is 0.651. The Bertz CT molecular complexity index is 419. The first kappa shape index (κ1) is 13.9. The number of pyridine rings is 1. The Kier molecular flexibility index (Phi) is 5.06. The van der Waals surface area contributed by atoms with Gasteiger partial charge in [0.2, 0.25) is 0 Å². The van der Waals surface area contributed by atoms with Gasteiger partial charge in [0, 0.05) is 13.7 Å². The number of nitrogens with one attached hydrogen (secondary N) is 1. The average molecular weight is 253 g/mol. The molecule has 1 aromatic heterocycles. The number of methoxy groups -OCH3 is 1. The summed E-state index contributed by atoms with van der Waals surface area (Å²) >= 11 is 0. The number of nitrogens with zero attached hydrogens (tertiary/aromatic N) is 1. The van der Waals surface area contributed by atoms with Crippen LogP contribution in [0.2, 0.25) is 0 Å². The Balaban J connectivity index is 2.49. The maximum Gasteiger partial charge on any atom is 0.306 e. The van der Waals surface area contributed by atoms with E-state index >= 15 is 0 Å². The Hall–Kier alpha value is -2.15. The van der Waals surface area contributed by atoms with Gasteiger partial charge in [0.05, 0.1) is 24.4 Å². The van der Waals surface area contributed by atoms with E-state index in [1.54, 1.807) is 6.07 Å². The number of carboxylic acids is 1. The van der Waals surface area contributed by atoms with Crippen molar-refractivity contribution in [2.45, 2.75) is 12.5 Å². The van der Waals surface area contributed by atoms with E-state index in [9.17, 15) is 9.59 Å². The van der Waals surface area contributed by atoms with E-state index in [-0.39, 0.29) is 18.7 Å². The smallest absolute Gasteiger partial charge is 0.306 e. The number of aromatic nitrogens is 1. The van der Waals surface area contributed by atoms with Crippen molar-refractivity contribution >= 4 is 17.6 Å². The molecule has 0 aliphatic heterocycles. The molecule has 7 nitrogen and oxygen atoms in total. The molecule has 0 spiro atoms. The number of nitrogens with two attached hydrogens (primary N) is 1. The molecule has 0 bridgehead atoms. The molecule has 1 amide bonds. The molecule has 4 N–H and O–H groups in total. The molecule has 0 aliphatic rings. The molecule has 1 atom stereocenters. The van der Waals surface area contributed by atoms with Gasteiger partial charge in [0.15, 0.2) is 0 Å². The molecule has 0 aromatic carbocycles. The summed E-state index contributed by atoms with van der Waals surface area (Å²) in [6, 6.07) is 3.05. The Morgan fingerprint density at radius 3 is 2.78 bits per heavy atom. The van der Waals surface area contributed by atoms with Crippen molar-refractivity contribution in [1.82, 2.24) is 10.3 Å². The fraction of sp³-hybridized carbons (Fsp3) is 0.364. The molecule has 1 rings (SSSR count). The first-order chi connectivity index (χ1) is 8.52. The lowest BCUT2D eigenvalue weighted by Crippen LogP contribution is -2.34. The lowest BCUT2D eigenvalue weighted by Gasteiger charge is -2.13. The number of carbonyl (C=O) groups excluding carboxylic acids is 1. The fourth-order valence-electron chi connectivity index (χ4n) is 1.27. The van der Waals surface area contributed by atoms with Crippen molar-refractivity contribution in [3.8, 4) is 0 Å². The van der Waals surface area contributed by atoms with Crippen LogP contribution in [-0.4, -0.2) is 41.7 Å². The molecule has 98 valence electrons. The highest BCUT2D eigenvalue weighted by molar-refractivity contribution is 5.92. The predicted octanol–water partition coefficient (Wildman–Crippen LogP) is -0.117. The van der Waals surface area contributed by atoms with Crippen LogP contribution in [0, 0.1) is 0 Å². The SMILES string of the molecule is COC(CNC(=O)c1ccc(N)cn1)CC(=O)O. The van der Waals surface area contributed by atoms with E-state index in [2.05, 4.69) is 10.3 Å². The average Bonchev–Trinajstić information content (AvgIpc) is 2.34. The van der Waals surface area contributed by atoms with Crippen LogP contribution < -0.4 is 11.1 Å². The zero-order valence-electron chi connectivity index (χ0n) is 9.92. The number of nitrogen functional groups attached to an aromatic ring is 1. The van der Waals surface area contributed by atoms with Gasteiger partial charge in [0.1, 0.15) is 5.69 Å². The number of hydrogen-bond acceptors (Lipinski definition) is 5. The standard InChI is InChI=1S/C11H15N3O4/c1-18-8(4-10(15)16)6-14-11(17)9-3-2-7(12)5-13-9/h2-3,5,8H,4,6,12H2,1H3,(H,14,17)(H,15,16). The normalized spacial score (nSPS) is 11.8. The summed E-state index contributed by atoms with van der Waals surface area (Å²) in [6.45, 7) is 0.105. The van der Waals surface area contributed by atoms with Crippen LogP contribution in [0.4, 0.5) is 5.69 Å². The molecule has 18 heavy (non-hydrogen) atoms. The van der Waals surface area contributed by atoms with Gasteiger partial charge in [-0.3, -0.25) is 9.59 Å². The van der Waals surface area contributed by atoms with Crippen LogP contribution in [0.3, 0.4) is 0 Å². The van der Waals surface area contributed by atoms with Crippen LogP contribution in [0.15, 0.2) is 18.3 Å². The Morgan fingerprint density at radius 1 is 1.56 bits per heavy atom. The Morgan fingerprint density at radius 2 is 2.28 bits per heavy atom. The third kappa shape index (κ3) is 4.38. The van der Waals surface area contributed by atoms with Crippen LogP contribution in [-0.2, 0) is 9.53 Å². The fourth-order valence-corrected chi connectivity index (χ4v) is 1.27. The zero-order valence-corrected chi connectivity index (χ0v) is 9.92. The molecular formula is C11H15N3O4. The number of carboxylic acid groups (broad SMARTS) is 1. The summed E-state index contributed by atoms with van der Waals surface area (Å²) in [6.07, 6.45) is 0.631. The van der Waals surface area contributed by atoms with Gasteiger partial charge in [-0.15, -0.1) is 0 Å². The lowest BCUT2D eigenvalue weighted by atomic mass is 10.2. The minimum Gasteiger partial charge on any atom is -0.481 e. The second-order valence-electron chi connectivity index (χ2n) is 3.64. The number of rotatable bonds is 6. The van der Waals surface area contributed by atoms with Gasteiger partial charge in [-0.05, 0) is 12.1 Å². The van der Waals surface area contributed by atoms with Gasteiger partial charge in [-0.2, -0.15) is 0 Å². The number of anilines is 1. The maximum absolute atomic E-state index is 11.6. The third-order valence-corrected chi connectivity index (χ3v) is 2.24. The summed E-state index contributed by atoms with van der Waals surface area (Å²) in [4.78, 5) is 26.0. The van der Waals surface area contributed by atoms with E-state index < -0.39 is 18.0 Å². The van der Waals surface area contributed by atoms with Crippen LogP contribution in [0.5, 0.6) is 0 Å². The van der Waals surface area contributed by atoms with Crippen molar-refractivity contribution < 1.29 is 19.4 Å². The molecule has 1 aromatic rings. The van der Waals surface area contributed by atoms with E-state index in [4.69, 9.17) is 15.6 Å². The molecule has 1 heterocycles. The summed E-state index contributed by atoms with van der Waals surface area (Å²) in [5.74, 6) is -1.39. The van der Waals surface area contributed by atoms with Gasteiger partial charge < -0.3 is 20.9 Å². The molecule has 0 fully saturated rings. The molecule has 0 saturated carbocycles. The van der Waals surface area contributed by atoms with Crippen molar-refractivity contribution in [2.75, 3.05) is 19.4 Å². The first-order valence-electron chi connectivity index (χ1n) is 5.27. The van der Waals surface area contributed by atoms with Crippen LogP contribution in [0.1, 0.15) is 16.9 Å². The van der Waals surface area contributed by atoms with E-state index in [0.717, 1.165) is 0 Å². The third-order valence-electron chi connectivity index (χ3n) is 2.24. The van der Waals surface area contributed by atoms with Gasteiger partial charge in [0.25, 0.3) is 5.91 Å². The highest BCUT2D eigenvalue weighted by atomic mass is 16.5. The van der Waals surface area contributed by atoms with Crippen molar-refractivity contribution in [2.24, 2.45) is 0 Å². The number of amides is 1. The minimum atomic E-state index is -0.985. The highest BCUT2D eigenvalue weighted by Gasteiger charge is 2.14. The minimum absolute atomic E-state index is 0.105. The van der Waals surface area contributed by atoms with Gasteiger partial charge >= 0.3 is 5.97 Å². The second-order valence-corrected chi connectivity index (χ2v) is 3.64. The first-order valence-corrected chi connectivity index (χ1v) is 5.27. The number of aliphatic carboxylic acids is 1. The molecule has 0 saturated heterocycles. The Labute approximate surface area is 104 Å². The van der Waals surface area contributed by atoms with E-state index in [0.29, 0.717) is 5.69 Å².